The Labute approximate surface area is 102 Å². The van der Waals surface area contributed by atoms with Crippen LogP contribution in [0.15, 0.2) is 16.3 Å². The van der Waals surface area contributed by atoms with Gasteiger partial charge in [-0.1, -0.05) is 23.4 Å². The lowest BCUT2D eigenvalue weighted by Crippen LogP contribution is -2.38. The molecule has 8 heteroatoms. The van der Waals surface area contributed by atoms with Crippen molar-refractivity contribution in [1.82, 2.24) is 15.4 Å². The van der Waals surface area contributed by atoms with Crippen molar-refractivity contribution in [2.24, 2.45) is 16.6 Å². The fourth-order valence-corrected chi connectivity index (χ4v) is 2.10. The maximum absolute atomic E-state index is 5.90. The van der Waals surface area contributed by atoms with E-state index in [9.17, 15) is 0 Å². The quantitative estimate of drug-likeness (QED) is 0.395. The molecule has 1 aromatic rings. The molecule has 2 heterocycles. The van der Waals surface area contributed by atoms with Crippen molar-refractivity contribution in [2.45, 2.75) is 17.2 Å². The smallest absolute Gasteiger partial charge is 0.188 e. The van der Waals surface area contributed by atoms with E-state index in [2.05, 4.69) is 20.5 Å². The molecule has 5 N–H and O–H groups in total. The molecule has 0 saturated carbocycles. The zero-order chi connectivity index (χ0) is 11.7. The number of nitrogens with two attached hydrogens (primary N) is 2. The molecule has 6 nitrogen and oxygen atoms in total. The van der Waals surface area contributed by atoms with Gasteiger partial charge >= 0.3 is 0 Å². The number of nitrogens with one attached hydrogen (secondary N) is 1. The Hall–Kier alpha value is -1.05. The molecular weight excluding hydrogens is 248 g/mol. The van der Waals surface area contributed by atoms with E-state index in [0.29, 0.717) is 21.8 Å². The zero-order valence-electron chi connectivity index (χ0n) is 8.51. The highest BCUT2D eigenvalue weighted by atomic mass is 35.5. The molecule has 0 aromatic carbocycles. The minimum absolute atomic E-state index is 0.258. The third kappa shape index (κ3) is 2.06. The third-order valence-corrected chi connectivity index (χ3v) is 2.96. The fourth-order valence-electron chi connectivity index (χ4n) is 1.48. The minimum Gasteiger partial charge on any atom is -0.385 e. The number of hydrogen-bond donors (Lipinski definition) is 3. The Balaban J connectivity index is 2.39. The van der Waals surface area contributed by atoms with Crippen LogP contribution in [0.1, 0.15) is 11.6 Å². The van der Waals surface area contributed by atoms with Crippen LogP contribution in [0.2, 0.25) is 5.15 Å². The van der Waals surface area contributed by atoms with Crippen LogP contribution in [-0.2, 0) is 0 Å². The molecular formula is C8H11ClN6S. The maximum Gasteiger partial charge on any atom is 0.188 e. The Kier molecular flexibility index (Phi) is 3.17. The van der Waals surface area contributed by atoms with Gasteiger partial charge in [0.25, 0.3) is 0 Å². The third-order valence-electron chi connectivity index (χ3n) is 2.22. The van der Waals surface area contributed by atoms with E-state index >= 15 is 0 Å². The molecule has 86 valence electrons. The summed E-state index contributed by atoms with van der Waals surface area (Å²) in [5, 5.41) is 4.84. The van der Waals surface area contributed by atoms with Crippen molar-refractivity contribution in [2.75, 3.05) is 6.26 Å². The number of thioether (sulfide) groups is 1. The zero-order valence-corrected chi connectivity index (χ0v) is 10.1. The molecule has 0 spiro atoms. The van der Waals surface area contributed by atoms with Crippen LogP contribution >= 0.6 is 23.4 Å². The van der Waals surface area contributed by atoms with Crippen LogP contribution in [0.5, 0.6) is 0 Å². The standard InChI is InChI=1S/C8H11ClN6S/c1-16-8-12-3(2-4(9)13-8)5-6(10)14-15-7(5)11/h2,5-6,14H,10H2,1H3,(H2,11,15). The second-order valence-electron chi connectivity index (χ2n) is 3.27. The van der Waals surface area contributed by atoms with Crippen molar-refractivity contribution < 1.29 is 0 Å². The largest absolute Gasteiger partial charge is 0.385 e. The summed E-state index contributed by atoms with van der Waals surface area (Å²) in [6.07, 6.45) is 1.50. The minimum atomic E-state index is -0.374. The molecule has 0 saturated heterocycles. The van der Waals surface area contributed by atoms with Gasteiger partial charge in [0.1, 0.15) is 17.2 Å². The lowest BCUT2D eigenvalue weighted by atomic mass is 10.0. The van der Waals surface area contributed by atoms with Crippen molar-refractivity contribution >= 4 is 29.2 Å². The van der Waals surface area contributed by atoms with E-state index in [-0.39, 0.29) is 12.1 Å². The Bertz CT molecular complexity index is 437. The topological polar surface area (TPSA) is 102 Å². The average Bonchev–Trinajstić information content (AvgIpc) is 2.57. The molecule has 0 aliphatic carbocycles. The van der Waals surface area contributed by atoms with Gasteiger partial charge in [-0.05, 0) is 12.3 Å². The second-order valence-corrected chi connectivity index (χ2v) is 4.43. The maximum atomic E-state index is 5.90. The van der Waals surface area contributed by atoms with Crippen LogP contribution in [0.25, 0.3) is 0 Å². The predicted octanol–water partition coefficient (Wildman–Crippen LogP) is 0.0957. The number of rotatable bonds is 2. The molecule has 2 atom stereocenters. The molecule has 2 unspecified atom stereocenters. The molecule has 0 radical (unpaired) electrons. The van der Waals surface area contributed by atoms with E-state index in [1.807, 2.05) is 6.26 Å². The Morgan fingerprint density at radius 1 is 1.50 bits per heavy atom. The van der Waals surface area contributed by atoms with Gasteiger partial charge in [0.15, 0.2) is 5.16 Å². The van der Waals surface area contributed by atoms with Crippen LogP contribution in [-0.4, -0.2) is 28.2 Å². The summed E-state index contributed by atoms with van der Waals surface area (Å²) in [5.74, 6) is 0.153. The molecule has 16 heavy (non-hydrogen) atoms. The SMILES string of the molecule is CSc1nc(Cl)cc(C2C(N)=NNC2N)n1. The summed E-state index contributed by atoms with van der Waals surface area (Å²) >= 11 is 7.31. The molecule has 0 fully saturated rings. The van der Waals surface area contributed by atoms with Gasteiger partial charge in [0.2, 0.25) is 0 Å². The molecule has 2 rings (SSSR count). The first kappa shape index (κ1) is 11.4. The van der Waals surface area contributed by atoms with Gasteiger partial charge in [-0.25, -0.2) is 9.97 Å². The van der Waals surface area contributed by atoms with Crippen LogP contribution in [0, 0.1) is 0 Å². The molecule has 1 aromatic heterocycles. The first-order valence-corrected chi connectivity index (χ1v) is 6.14. The van der Waals surface area contributed by atoms with Crippen LogP contribution in [0.4, 0.5) is 0 Å². The van der Waals surface area contributed by atoms with Gasteiger partial charge in [0.05, 0.1) is 11.6 Å². The lowest BCUT2D eigenvalue weighted by Gasteiger charge is -2.14. The Morgan fingerprint density at radius 3 is 2.81 bits per heavy atom. The number of halogens is 1. The Morgan fingerprint density at radius 2 is 2.25 bits per heavy atom. The summed E-state index contributed by atoms with van der Waals surface area (Å²) in [5.41, 5.74) is 15.0. The molecule has 1 aliphatic rings. The van der Waals surface area contributed by atoms with Crippen molar-refractivity contribution in [1.29, 1.82) is 0 Å². The van der Waals surface area contributed by atoms with Crippen molar-refractivity contribution in [3.05, 3.63) is 16.9 Å². The van der Waals surface area contributed by atoms with Gasteiger partial charge < -0.3 is 11.5 Å². The summed E-state index contributed by atoms with van der Waals surface area (Å²) in [4.78, 5) is 8.37. The van der Waals surface area contributed by atoms with E-state index < -0.39 is 0 Å². The molecule has 0 amide bonds. The summed E-state index contributed by atoms with van der Waals surface area (Å²) in [6, 6.07) is 1.65. The van der Waals surface area contributed by atoms with Crippen molar-refractivity contribution in [3.63, 3.8) is 0 Å². The summed E-state index contributed by atoms with van der Waals surface area (Å²) < 4.78 is 0. The summed E-state index contributed by atoms with van der Waals surface area (Å²) in [6.45, 7) is 0. The lowest BCUT2D eigenvalue weighted by molar-refractivity contribution is 0.553. The van der Waals surface area contributed by atoms with Gasteiger partial charge in [0, 0.05) is 0 Å². The number of hydrazone groups is 1. The van der Waals surface area contributed by atoms with Crippen LogP contribution < -0.4 is 16.9 Å². The molecule has 0 bridgehead atoms. The van der Waals surface area contributed by atoms with Gasteiger partial charge in [-0.2, -0.15) is 5.10 Å². The fraction of sp³-hybridized carbons (Fsp3) is 0.375. The van der Waals surface area contributed by atoms with E-state index in [1.54, 1.807) is 6.07 Å². The van der Waals surface area contributed by atoms with Crippen molar-refractivity contribution in [3.8, 4) is 0 Å². The van der Waals surface area contributed by atoms with Crippen LogP contribution in [0.3, 0.4) is 0 Å². The number of aromatic nitrogens is 2. The summed E-state index contributed by atoms with van der Waals surface area (Å²) in [7, 11) is 0. The second kappa shape index (κ2) is 4.44. The first-order chi connectivity index (χ1) is 7.61. The highest BCUT2D eigenvalue weighted by molar-refractivity contribution is 7.98. The van der Waals surface area contributed by atoms with Gasteiger partial charge in [-0.15, -0.1) is 0 Å². The highest BCUT2D eigenvalue weighted by Crippen LogP contribution is 2.23. The number of nitrogens with zero attached hydrogens (tertiary/aromatic N) is 3. The number of amidine groups is 1. The monoisotopic (exact) mass is 258 g/mol. The van der Waals surface area contributed by atoms with E-state index in [1.165, 1.54) is 11.8 Å². The van der Waals surface area contributed by atoms with E-state index in [0.717, 1.165) is 0 Å². The van der Waals surface area contributed by atoms with Gasteiger partial charge in [-0.3, -0.25) is 5.43 Å². The first-order valence-electron chi connectivity index (χ1n) is 4.54. The molecule has 1 aliphatic heterocycles. The predicted molar refractivity (Wildman–Crippen MR) is 64.3 cm³/mol. The normalized spacial score (nSPS) is 24.1. The van der Waals surface area contributed by atoms with E-state index in [4.69, 9.17) is 23.1 Å². The number of hydrogen-bond acceptors (Lipinski definition) is 7. The highest BCUT2D eigenvalue weighted by Gasteiger charge is 2.30. The average molecular weight is 259 g/mol.